The predicted molar refractivity (Wildman–Crippen MR) is 292 cm³/mol. The molecule has 9 aromatic rings. The third kappa shape index (κ3) is 9.86. The molecular weight excluding hydrogens is 1030 g/mol. The summed E-state index contributed by atoms with van der Waals surface area (Å²) < 4.78 is 28.8. The maximum atomic E-state index is 12.7. The van der Waals surface area contributed by atoms with Crippen LogP contribution in [-0.4, -0.2) is 19.6 Å². The van der Waals surface area contributed by atoms with Crippen molar-refractivity contribution in [1.29, 1.82) is 0 Å². The Morgan fingerprint density at radius 3 is 1.70 bits per heavy atom. The number of fused-ring (bicyclic) bond motifs is 1. The van der Waals surface area contributed by atoms with Crippen LogP contribution in [0.5, 0.6) is 5.75 Å². The number of hydrogen-bond acceptors (Lipinski definition) is 3. The molecule has 0 radical (unpaired) electrons. The van der Waals surface area contributed by atoms with Crippen LogP contribution in [0.15, 0.2) is 158 Å². The summed E-state index contributed by atoms with van der Waals surface area (Å²) in [6, 6.07) is 55.2. The zero-order valence-electron chi connectivity index (χ0n) is 45.6. The van der Waals surface area contributed by atoms with Crippen LogP contribution in [-0.2, 0) is 42.7 Å². The Hall–Kier alpha value is -6.35. The van der Waals surface area contributed by atoms with Crippen LogP contribution in [0.3, 0.4) is 0 Å². The molecular formula is C65H66N3OPt-. The van der Waals surface area contributed by atoms with Crippen molar-refractivity contribution >= 4 is 11.0 Å². The van der Waals surface area contributed by atoms with Crippen molar-refractivity contribution < 1.29 is 30.3 Å². The number of pyridine rings is 1. The van der Waals surface area contributed by atoms with Gasteiger partial charge in [0.1, 0.15) is 11.6 Å². The number of benzene rings is 7. The van der Waals surface area contributed by atoms with E-state index in [4.69, 9.17) is 14.1 Å². The minimum Gasteiger partial charge on any atom is -0.507 e. The van der Waals surface area contributed by atoms with Gasteiger partial charge in [0.2, 0.25) is 0 Å². The molecule has 0 saturated heterocycles. The Bertz CT molecular complexity index is 3470. The summed E-state index contributed by atoms with van der Waals surface area (Å²) in [6.07, 6.45) is 1.88. The van der Waals surface area contributed by atoms with Gasteiger partial charge in [0, 0.05) is 48.2 Å². The normalized spacial score (nSPS) is 13.1. The van der Waals surface area contributed by atoms with Gasteiger partial charge >= 0.3 is 0 Å². The van der Waals surface area contributed by atoms with E-state index >= 15 is 0 Å². The van der Waals surface area contributed by atoms with E-state index in [0.29, 0.717) is 22.5 Å². The third-order valence-electron chi connectivity index (χ3n) is 13.4. The van der Waals surface area contributed by atoms with Crippen LogP contribution in [0.4, 0.5) is 0 Å². The summed E-state index contributed by atoms with van der Waals surface area (Å²) in [7, 11) is 0. The maximum Gasteiger partial charge on any atom is 0.148 e. The molecule has 0 bridgehead atoms. The van der Waals surface area contributed by atoms with Gasteiger partial charge in [-0.05, 0) is 103 Å². The number of aromatic nitrogens is 3. The molecule has 358 valence electrons. The van der Waals surface area contributed by atoms with E-state index in [-0.39, 0.29) is 48.6 Å². The summed E-state index contributed by atoms with van der Waals surface area (Å²) >= 11 is 0. The van der Waals surface area contributed by atoms with E-state index in [1.54, 1.807) is 0 Å². The van der Waals surface area contributed by atoms with Crippen LogP contribution in [0, 0.1) is 12.9 Å². The average molecular weight is 1100 g/mol. The first-order valence-corrected chi connectivity index (χ1v) is 24.1. The minimum atomic E-state index is -2.43. The van der Waals surface area contributed by atoms with Crippen molar-refractivity contribution in [2.75, 3.05) is 0 Å². The molecule has 70 heavy (non-hydrogen) atoms. The number of para-hydroxylation sites is 1. The first-order valence-electron chi connectivity index (χ1n) is 25.6. The topological polar surface area (TPSA) is 50.9 Å². The van der Waals surface area contributed by atoms with Crippen LogP contribution in [0.25, 0.3) is 83.9 Å². The molecule has 2 aromatic heterocycles. The van der Waals surface area contributed by atoms with Crippen molar-refractivity contribution in [2.45, 2.75) is 112 Å². The predicted octanol–water partition coefficient (Wildman–Crippen LogP) is 17.4. The van der Waals surface area contributed by atoms with E-state index in [0.717, 1.165) is 78.1 Å². The van der Waals surface area contributed by atoms with Gasteiger partial charge in [-0.25, -0.2) is 4.98 Å². The van der Waals surface area contributed by atoms with Gasteiger partial charge in [0.25, 0.3) is 0 Å². The maximum absolute atomic E-state index is 12.7. The molecule has 0 aliphatic carbocycles. The van der Waals surface area contributed by atoms with E-state index in [9.17, 15) is 5.11 Å². The first kappa shape index (κ1) is 46.1. The Morgan fingerprint density at radius 2 is 1.10 bits per heavy atom. The molecule has 7 aromatic carbocycles. The number of imidazole rings is 1. The zero-order valence-corrected chi connectivity index (χ0v) is 44.9. The van der Waals surface area contributed by atoms with Gasteiger partial charge < -0.3 is 5.11 Å². The largest absolute Gasteiger partial charge is 0.507 e. The van der Waals surface area contributed by atoms with Gasteiger partial charge in [-0.1, -0.05) is 203 Å². The summed E-state index contributed by atoms with van der Waals surface area (Å²) in [4.78, 5) is 10.6. The van der Waals surface area contributed by atoms with Crippen molar-refractivity contribution in [1.82, 2.24) is 14.5 Å². The number of rotatable bonds is 7. The molecule has 0 aliphatic heterocycles. The molecule has 5 heteroatoms. The second kappa shape index (κ2) is 18.8. The van der Waals surface area contributed by atoms with Crippen LogP contribution >= 0.6 is 0 Å². The fourth-order valence-electron chi connectivity index (χ4n) is 9.24. The van der Waals surface area contributed by atoms with E-state index < -0.39 is 12.3 Å². The van der Waals surface area contributed by atoms with Crippen molar-refractivity contribution in [3.63, 3.8) is 0 Å². The number of hydrogen-bond donors (Lipinski definition) is 1. The smallest absolute Gasteiger partial charge is 0.148 e. The Labute approximate surface area is 435 Å². The fourth-order valence-corrected chi connectivity index (χ4v) is 9.24. The number of aryl methyl sites for hydroxylation is 1. The summed E-state index contributed by atoms with van der Waals surface area (Å²) in [6.45, 7) is 23.8. The average Bonchev–Trinajstić information content (AvgIpc) is 3.72. The van der Waals surface area contributed by atoms with E-state index in [2.05, 4.69) is 173 Å². The quantitative estimate of drug-likeness (QED) is 0.162. The Kier molecular flexibility index (Phi) is 12.3. The fraction of sp³-hybridized carbons (Fsp3) is 0.262. The molecule has 0 atom stereocenters. The molecule has 1 N–H and O–H groups in total. The second-order valence-corrected chi connectivity index (χ2v) is 22.7. The molecule has 0 aliphatic rings. The van der Waals surface area contributed by atoms with Crippen LogP contribution < -0.4 is 0 Å². The molecule has 4 nitrogen and oxygen atoms in total. The van der Waals surface area contributed by atoms with E-state index in [1.165, 1.54) is 5.56 Å². The van der Waals surface area contributed by atoms with Gasteiger partial charge in [-0.2, -0.15) is 0 Å². The van der Waals surface area contributed by atoms with Gasteiger partial charge in [0.05, 0.1) is 22.3 Å². The van der Waals surface area contributed by atoms with Crippen LogP contribution in [0.2, 0.25) is 0 Å². The monoisotopic (exact) mass is 1100 g/mol. The summed E-state index contributed by atoms with van der Waals surface area (Å²) in [5, 5.41) is 12.7. The standard InChI is InChI=1S/C65H66N3O.Pt/c1-41-33-53(44-23-18-15-19-24-44)58(40-52(41)43-21-16-14-17-22-43)68-57-26-20-25-51(59(57)67-61(68)54-38-50(64(8,9)10)39-55(60(54)69)65(11,12)13)46-34-47(36-49(35-46)63(5,6)7)56-37-45(31-32-66-56)42-27-29-48(30-28-42)62(2,3)4;/h14-33,35-40,69H,1-13H3;/q-1;/i1D3;. The van der Waals surface area contributed by atoms with Crippen molar-refractivity contribution in [3.8, 4) is 78.6 Å². The Morgan fingerprint density at radius 1 is 0.500 bits per heavy atom. The van der Waals surface area contributed by atoms with Gasteiger partial charge in [0.15, 0.2) is 0 Å². The number of aromatic hydroxyl groups is 1. The summed E-state index contributed by atoms with van der Waals surface area (Å²) in [5.74, 6) is 0.684. The van der Waals surface area contributed by atoms with E-state index in [1.807, 2.05) is 79.0 Å². The molecule has 9 rings (SSSR count). The molecule has 0 saturated carbocycles. The minimum absolute atomic E-state index is 0. The molecule has 0 unspecified atom stereocenters. The molecule has 0 fully saturated rings. The van der Waals surface area contributed by atoms with Crippen molar-refractivity contribution in [3.05, 3.63) is 192 Å². The van der Waals surface area contributed by atoms with Crippen LogP contribution in [0.1, 0.15) is 115 Å². The number of phenols is 1. The zero-order chi connectivity index (χ0) is 51.7. The van der Waals surface area contributed by atoms with Gasteiger partial charge in [-0.15, -0.1) is 29.3 Å². The molecule has 2 heterocycles. The van der Waals surface area contributed by atoms with Crippen molar-refractivity contribution in [2.24, 2.45) is 0 Å². The molecule has 0 spiro atoms. The molecule has 0 amide bonds. The second-order valence-electron chi connectivity index (χ2n) is 22.7. The first-order chi connectivity index (χ1) is 33.8. The Balaban J connectivity index is 0.00000711. The summed E-state index contributed by atoms with van der Waals surface area (Å²) in [5.41, 5.74) is 15.0. The SMILES string of the molecule is [2H]C([2H])([2H])c1cc(-c2ccccc2)c(-n2c(-c3cc(C(C)(C)C)cc(C(C)(C)C)c3O)nc3c(-c4[c-]c(-c5cc(-c6ccc(C(C)(C)C)cc6)ccn5)cc(C(C)(C)C)c4)cccc32)cc1-c1ccccc1.[Pt]. The third-order valence-corrected chi connectivity index (χ3v) is 13.4. The number of phenolic OH excluding ortho intramolecular Hbond substituents is 1. The van der Waals surface area contributed by atoms with Gasteiger partial charge in [-0.3, -0.25) is 9.55 Å². The number of nitrogens with zero attached hydrogens (tertiary/aromatic N) is 3.